The molecule has 0 fully saturated rings. The molecule has 0 aliphatic rings. The summed E-state index contributed by atoms with van der Waals surface area (Å²) in [7, 11) is 0. The average Bonchev–Trinajstić information content (AvgIpc) is 2.47. The van der Waals surface area contributed by atoms with Crippen LogP contribution in [0.25, 0.3) is 0 Å². The molecule has 0 aromatic heterocycles. The van der Waals surface area contributed by atoms with Gasteiger partial charge in [0.15, 0.2) is 0 Å². The van der Waals surface area contributed by atoms with Crippen molar-refractivity contribution in [2.45, 2.75) is 52.4 Å². The molecule has 0 spiro atoms. The molecule has 0 bridgehead atoms. The van der Waals surface area contributed by atoms with Gasteiger partial charge in [-0.1, -0.05) is 62.5 Å². The maximum atomic E-state index is 8.36. The Morgan fingerprint density at radius 1 is 0.500 bits per heavy atom. The van der Waals surface area contributed by atoms with Gasteiger partial charge in [-0.2, -0.15) is 0 Å². The van der Waals surface area contributed by atoms with Gasteiger partial charge in [0.05, 0.1) is 13.2 Å². The van der Waals surface area contributed by atoms with E-state index in [2.05, 4.69) is 38.2 Å². The second-order valence-electron chi connectivity index (χ2n) is 4.22. The molecule has 0 aromatic rings. The molecule has 2 N–H and O–H groups in total. The predicted octanol–water partition coefficient (Wildman–Crippen LogP) is 4.56. The van der Waals surface area contributed by atoms with Crippen LogP contribution in [0.15, 0.2) is 48.6 Å². The van der Waals surface area contributed by atoms with Crippen molar-refractivity contribution in [3.05, 3.63) is 48.6 Å². The lowest BCUT2D eigenvalue weighted by atomic mass is 10.2. The van der Waals surface area contributed by atoms with Gasteiger partial charge in [-0.3, -0.25) is 0 Å². The Bertz CT molecular complexity index is 207. The first-order valence-electron chi connectivity index (χ1n) is 7.65. The summed E-state index contributed by atoms with van der Waals surface area (Å²) in [6, 6.07) is 0. The standard InChI is InChI=1S/2C9H16O/c2*1-2-3-4-5-6-7-8-9-10/h2*3-4,7-8,10H,2,5-6,9H2,1H3/b2*4-3-,8-7+. The lowest BCUT2D eigenvalue weighted by Gasteiger charge is -1.84. The van der Waals surface area contributed by atoms with Gasteiger partial charge in [0, 0.05) is 0 Å². The summed E-state index contributed by atoms with van der Waals surface area (Å²) in [5, 5.41) is 16.7. The molecule has 0 atom stereocenters. The van der Waals surface area contributed by atoms with Gasteiger partial charge >= 0.3 is 0 Å². The Kier molecular flexibility index (Phi) is 24.4. The Labute approximate surface area is 125 Å². The number of unbranched alkanes of at least 4 members (excludes halogenated alkanes) is 2. The van der Waals surface area contributed by atoms with Gasteiger partial charge in [0.2, 0.25) is 0 Å². The van der Waals surface area contributed by atoms with E-state index in [1.165, 1.54) is 0 Å². The molecular formula is C18H32O2. The predicted molar refractivity (Wildman–Crippen MR) is 89.8 cm³/mol. The number of hydrogen-bond acceptors (Lipinski definition) is 2. The largest absolute Gasteiger partial charge is 0.392 e. The lowest BCUT2D eigenvalue weighted by Crippen LogP contribution is -1.70. The zero-order valence-corrected chi connectivity index (χ0v) is 13.2. The molecular weight excluding hydrogens is 248 g/mol. The number of allylic oxidation sites excluding steroid dienone is 6. The zero-order valence-electron chi connectivity index (χ0n) is 13.2. The van der Waals surface area contributed by atoms with Gasteiger partial charge in [0.25, 0.3) is 0 Å². The SMILES string of the molecule is CC/C=C\CC/C=C/CO.CC/C=C\CC/C=C/CO. The molecule has 0 aliphatic heterocycles. The average molecular weight is 280 g/mol. The Hall–Kier alpha value is -1.12. The highest BCUT2D eigenvalue weighted by Crippen LogP contribution is 1.94. The molecule has 0 heterocycles. The Morgan fingerprint density at radius 2 is 0.800 bits per heavy atom. The van der Waals surface area contributed by atoms with Gasteiger partial charge in [-0.25, -0.2) is 0 Å². The first-order chi connectivity index (χ1) is 9.83. The van der Waals surface area contributed by atoms with Crippen LogP contribution < -0.4 is 0 Å². The second-order valence-corrected chi connectivity index (χ2v) is 4.22. The van der Waals surface area contributed by atoms with Crippen LogP contribution in [0.4, 0.5) is 0 Å². The molecule has 20 heavy (non-hydrogen) atoms. The van der Waals surface area contributed by atoms with Crippen LogP contribution in [0, 0.1) is 0 Å². The monoisotopic (exact) mass is 280 g/mol. The van der Waals surface area contributed by atoms with Crippen molar-refractivity contribution in [1.82, 2.24) is 0 Å². The lowest BCUT2D eigenvalue weighted by molar-refractivity contribution is 0.342. The van der Waals surface area contributed by atoms with Crippen LogP contribution in [0.2, 0.25) is 0 Å². The van der Waals surface area contributed by atoms with Crippen molar-refractivity contribution >= 4 is 0 Å². The molecule has 0 saturated heterocycles. The smallest absolute Gasteiger partial charge is 0.0612 e. The molecule has 116 valence electrons. The molecule has 2 heteroatoms. The molecule has 0 radical (unpaired) electrons. The molecule has 0 unspecified atom stereocenters. The second kappa shape index (κ2) is 23.0. The van der Waals surface area contributed by atoms with Crippen LogP contribution >= 0.6 is 0 Å². The normalized spacial score (nSPS) is 11.8. The fourth-order valence-corrected chi connectivity index (χ4v) is 1.34. The number of rotatable bonds is 10. The zero-order chi connectivity index (χ0) is 15.3. The van der Waals surface area contributed by atoms with E-state index in [4.69, 9.17) is 10.2 Å². The van der Waals surface area contributed by atoms with Crippen molar-refractivity contribution in [2.75, 3.05) is 13.2 Å². The maximum absolute atomic E-state index is 8.36. The Balaban J connectivity index is 0. The third-order valence-corrected chi connectivity index (χ3v) is 2.35. The molecule has 2 nitrogen and oxygen atoms in total. The molecule has 0 aromatic carbocycles. The summed E-state index contributed by atoms with van der Waals surface area (Å²) in [6.07, 6.45) is 22.7. The minimum Gasteiger partial charge on any atom is -0.392 e. The van der Waals surface area contributed by atoms with E-state index >= 15 is 0 Å². The van der Waals surface area contributed by atoms with E-state index in [-0.39, 0.29) is 13.2 Å². The highest BCUT2D eigenvalue weighted by atomic mass is 16.3. The summed E-state index contributed by atoms with van der Waals surface area (Å²) in [6.45, 7) is 4.58. The fourth-order valence-electron chi connectivity index (χ4n) is 1.34. The summed E-state index contributed by atoms with van der Waals surface area (Å²) >= 11 is 0. The minimum atomic E-state index is 0.164. The van der Waals surface area contributed by atoms with Crippen molar-refractivity contribution in [1.29, 1.82) is 0 Å². The summed E-state index contributed by atoms with van der Waals surface area (Å²) in [5.74, 6) is 0. The molecule has 0 amide bonds. The van der Waals surface area contributed by atoms with Gasteiger partial charge < -0.3 is 10.2 Å². The fraction of sp³-hybridized carbons (Fsp3) is 0.556. The third kappa shape index (κ3) is 25.7. The van der Waals surface area contributed by atoms with E-state index in [9.17, 15) is 0 Å². The van der Waals surface area contributed by atoms with Crippen LogP contribution in [-0.2, 0) is 0 Å². The molecule has 0 rings (SSSR count). The van der Waals surface area contributed by atoms with E-state index in [1.54, 1.807) is 12.2 Å². The van der Waals surface area contributed by atoms with Crippen molar-refractivity contribution in [3.63, 3.8) is 0 Å². The highest BCUT2D eigenvalue weighted by Gasteiger charge is 1.75. The van der Waals surface area contributed by atoms with Gasteiger partial charge in [0.1, 0.15) is 0 Å². The topological polar surface area (TPSA) is 40.5 Å². The van der Waals surface area contributed by atoms with Crippen LogP contribution in [0.1, 0.15) is 52.4 Å². The van der Waals surface area contributed by atoms with E-state index < -0.39 is 0 Å². The van der Waals surface area contributed by atoms with Crippen molar-refractivity contribution in [2.24, 2.45) is 0 Å². The number of aliphatic hydroxyl groups excluding tert-OH is 2. The van der Waals surface area contributed by atoms with Crippen LogP contribution in [-0.4, -0.2) is 23.4 Å². The highest BCUT2D eigenvalue weighted by molar-refractivity contribution is 4.87. The first kappa shape index (κ1) is 21.2. The van der Waals surface area contributed by atoms with Gasteiger partial charge in [-0.05, 0) is 38.5 Å². The van der Waals surface area contributed by atoms with E-state index in [1.807, 2.05) is 12.2 Å². The van der Waals surface area contributed by atoms with E-state index in [0.29, 0.717) is 0 Å². The summed E-state index contributed by atoms with van der Waals surface area (Å²) < 4.78 is 0. The summed E-state index contributed by atoms with van der Waals surface area (Å²) in [5.41, 5.74) is 0. The van der Waals surface area contributed by atoms with Crippen molar-refractivity contribution < 1.29 is 10.2 Å². The summed E-state index contributed by atoms with van der Waals surface area (Å²) in [4.78, 5) is 0. The van der Waals surface area contributed by atoms with Crippen LogP contribution in [0.5, 0.6) is 0 Å². The third-order valence-electron chi connectivity index (χ3n) is 2.35. The minimum absolute atomic E-state index is 0.164. The van der Waals surface area contributed by atoms with Gasteiger partial charge in [-0.15, -0.1) is 0 Å². The number of hydrogen-bond donors (Lipinski definition) is 2. The molecule has 0 aliphatic carbocycles. The van der Waals surface area contributed by atoms with Crippen molar-refractivity contribution in [3.8, 4) is 0 Å². The van der Waals surface area contributed by atoms with Crippen LogP contribution in [0.3, 0.4) is 0 Å². The van der Waals surface area contributed by atoms with E-state index in [0.717, 1.165) is 38.5 Å². The Morgan fingerprint density at radius 3 is 1.05 bits per heavy atom. The first-order valence-corrected chi connectivity index (χ1v) is 7.65. The maximum Gasteiger partial charge on any atom is 0.0612 e. The molecule has 0 saturated carbocycles. The quantitative estimate of drug-likeness (QED) is 0.455. The number of aliphatic hydroxyl groups is 2.